The molecule has 130 valence electrons. The lowest BCUT2D eigenvalue weighted by atomic mass is 10.2. The normalized spacial score (nSPS) is 11.5. The summed E-state index contributed by atoms with van der Waals surface area (Å²) >= 11 is 5.81. The first-order valence-corrected chi connectivity index (χ1v) is 9.09. The summed E-state index contributed by atoms with van der Waals surface area (Å²) < 4.78 is 31.4. The van der Waals surface area contributed by atoms with Gasteiger partial charge in [0.25, 0.3) is 0 Å². The Bertz CT molecular complexity index is 762. The van der Waals surface area contributed by atoms with Crippen LogP contribution in [0.25, 0.3) is 0 Å². The molecule has 2 rings (SSSR count). The number of ether oxygens (including phenoxy) is 1. The van der Waals surface area contributed by atoms with E-state index in [9.17, 15) is 8.42 Å². The molecule has 0 aliphatic rings. The van der Waals surface area contributed by atoms with Gasteiger partial charge in [-0.15, -0.1) is 0 Å². The number of hydrogen-bond donors (Lipinski definition) is 2. The van der Waals surface area contributed by atoms with Gasteiger partial charge in [0, 0.05) is 32.0 Å². The fraction of sp³-hybridized carbons (Fsp3) is 0.333. The van der Waals surface area contributed by atoms with Crippen molar-refractivity contribution in [2.45, 2.75) is 18.4 Å². The number of rotatable bonds is 8. The molecule has 9 heteroatoms. The van der Waals surface area contributed by atoms with E-state index in [4.69, 9.17) is 16.3 Å². The monoisotopic (exact) mass is 370 g/mol. The smallest absolute Gasteiger partial charge is 0.240 e. The number of methoxy groups -OCH3 is 1. The molecule has 24 heavy (non-hydrogen) atoms. The molecule has 0 saturated carbocycles. The van der Waals surface area contributed by atoms with Crippen molar-refractivity contribution in [2.24, 2.45) is 0 Å². The summed E-state index contributed by atoms with van der Waals surface area (Å²) in [6, 6.07) is 8.39. The van der Waals surface area contributed by atoms with E-state index in [1.54, 1.807) is 30.3 Å². The minimum absolute atomic E-state index is 0.182. The number of hydrogen-bond acceptors (Lipinski definition) is 6. The highest BCUT2D eigenvalue weighted by atomic mass is 35.5. The van der Waals surface area contributed by atoms with Crippen LogP contribution in [-0.4, -0.2) is 38.6 Å². The Kier molecular flexibility index (Phi) is 6.50. The van der Waals surface area contributed by atoms with Crippen LogP contribution in [0.3, 0.4) is 0 Å². The number of benzene rings is 1. The molecule has 0 fully saturated rings. The number of aryl methyl sites for hydroxylation is 1. The van der Waals surface area contributed by atoms with Gasteiger partial charge in [0.05, 0.1) is 11.5 Å². The van der Waals surface area contributed by atoms with Gasteiger partial charge in [-0.05, 0) is 36.2 Å². The van der Waals surface area contributed by atoms with Gasteiger partial charge in [0.15, 0.2) is 0 Å². The van der Waals surface area contributed by atoms with Gasteiger partial charge in [-0.1, -0.05) is 12.1 Å². The molecule has 2 N–H and O–H groups in total. The molecular formula is C15H19ClN4O3S. The van der Waals surface area contributed by atoms with Gasteiger partial charge < -0.3 is 10.1 Å². The summed E-state index contributed by atoms with van der Waals surface area (Å²) in [4.78, 5) is 8.27. The summed E-state index contributed by atoms with van der Waals surface area (Å²) in [6.07, 6.45) is 0. The first-order valence-electron chi connectivity index (χ1n) is 7.23. The zero-order valence-electron chi connectivity index (χ0n) is 13.4. The Morgan fingerprint density at radius 1 is 1.21 bits per heavy atom. The summed E-state index contributed by atoms with van der Waals surface area (Å²) in [5.41, 5.74) is 1.68. The zero-order chi connectivity index (χ0) is 17.6. The van der Waals surface area contributed by atoms with Crippen molar-refractivity contribution >= 4 is 27.4 Å². The fourth-order valence-corrected chi connectivity index (χ4v) is 3.20. The van der Waals surface area contributed by atoms with Gasteiger partial charge in [0.2, 0.25) is 15.3 Å². The molecule has 7 nitrogen and oxygen atoms in total. The predicted octanol–water partition coefficient (Wildman–Crippen LogP) is 1.98. The standard InChI is InChI=1S/C15H19ClN4O3S/c1-11-9-14(20-15(16)19-11)17-10-12-3-5-13(6-4-12)24(21,22)18-7-8-23-2/h3-6,9,18H,7-8,10H2,1-2H3,(H,17,19,20). The third-order valence-electron chi connectivity index (χ3n) is 3.13. The molecule has 1 heterocycles. The molecule has 2 aromatic rings. The van der Waals surface area contributed by atoms with E-state index in [1.165, 1.54) is 7.11 Å². The maximum absolute atomic E-state index is 12.1. The van der Waals surface area contributed by atoms with Gasteiger partial charge in [0.1, 0.15) is 5.82 Å². The first kappa shape index (κ1) is 18.6. The maximum atomic E-state index is 12.1. The van der Waals surface area contributed by atoms with Crippen LogP contribution in [0.5, 0.6) is 0 Å². The van der Waals surface area contributed by atoms with E-state index in [2.05, 4.69) is 20.0 Å². The second-order valence-corrected chi connectivity index (χ2v) is 7.16. The second kappa shape index (κ2) is 8.39. The van der Waals surface area contributed by atoms with Crippen molar-refractivity contribution in [3.05, 3.63) is 46.9 Å². The van der Waals surface area contributed by atoms with Gasteiger partial charge in [-0.2, -0.15) is 0 Å². The van der Waals surface area contributed by atoms with E-state index in [1.807, 2.05) is 6.92 Å². The minimum atomic E-state index is -3.52. The largest absolute Gasteiger partial charge is 0.383 e. The lowest BCUT2D eigenvalue weighted by molar-refractivity contribution is 0.204. The molecule has 1 aromatic carbocycles. The maximum Gasteiger partial charge on any atom is 0.240 e. The molecule has 0 radical (unpaired) electrons. The molecule has 0 saturated heterocycles. The van der Waals surface area contributed by atoms with E-state index in [0.717, 1.165) is 11.3 Å². The highest BCUT2D eigenvalue weighted by Crippen LogP contribution is 2.13. The van der Waals surface area contributed by atoms with Crippen molar-refractivity contribution in [1.29, 1.82) is 0 Å². The minimum Gasteiger partial charge on any atom is -0.383 e. The lowest BCUT2D eigenvalue weighted by Crippen LogP contribution is -2.27. The molecule has 0 aliphatic heterocycles. The zero-order valence-corrected chi connectivity index (χ0v) is 15.0. The lowest BCUT2D eigenvalue weighted by Gasteiger charge is -2.09. The third kappa shape index (κ3) is 5.41. The SMILES string of the molecule is COCCNS(=O)(=O)c1ccc(CNc2cc(C)nc(Cl)n2)cc1. The number of nitrogens with one attached hydrogen (secondary N) is 2. The molecule has 0 spiro atoms. The Morgan fingerprint density at radius 2 is 1.92 bits per heavy atom. The van der Waals surface area contributed by atoms with Crippen LogP contribution in [0.2, 0.25) is 5.28 Å². The van der Waals surface area contributed by atoms with Gasteiger partial charge in [-0.3, -0.25) is 0 Å². The van der Waals surface area contributed by atoms with Crippen molar-refractivity contribution in [3.63, 3.8) is 0 Å². The molecule has 0 amide bonds. The number of halogens is 1. The Hall–Kier alpha value is -1.74. The Labute approximate surface area is 146 Å². The van der Waals surface area contributed by atoms with Crippen LogP contribution in [0, 0.1) is 6.92 Å². The molecular weight excluding hydrogens is 352 g/mol. The summed E-state index contributed by atoms with van der Waals surface area (Å²) in [5.74, 6) is 0.616. The van der Waals surface area contributed by atoms with E-state index >= 15 is 0 Å². The number of anilines is 1. The molecule has 0 unspecified atom stereocenters. The molecule has 1 aromatic heterocycles. The van der Waals surface area contributed by atoms with Crippen molar-refractivity contribution < 1.29 is 13.2 Å². The average molecular weight is 371 g/mol. The fourth-order valence-electron chi connectivity index (χ4n) is 1.96. The van der Waals surface area contributed by atoms with Crippen molar-refractivity contribution in [2.75, 3.05) is 25.6 Å². The first-order chi connectivity index (χ1) is 11.4. The third-order valence-corrected chi connectivity index (χ3v) is 4.78. The number of nitrogens with zero attached hydrogens (tertiary/aromatic N) is 2. The number of aromatic nitrogens is 2. The Balaban J connectivity index is 1.99. The van der Waals surface area contributed by atoms with Crippen LogP contribution in [0.4, 0.5) is 5.82 Å². The summed E-state index contributed by atoms with van der Waals surface area (Å²) in [7, 11) is -2.00. The Morgan fingerprint density at radius 3 is 2.54 bits per heavy atom. The topological polar surface area (TPSA) is 93.2 Å². The van der Waals surface area contributed by atoms with Crippen LogP contribution >= 0.6 is 11.6 Å². The quantitative estimate of drug-likeness (QED) is 0.545. The van der Waals surface area contributed by atoms with Crippen LogP contribution < -0.4 is 10.0 Å². The van der Waals surface area contributed by atoms with E-state index in [-0.39, 0.29) is 16.7 Å². The molecule has 0 aliphatic carbocycles. The van der Waals surface area contributed by atoms with Gasteiger partial charge in [-0.25, -0.2) is 23.1 Å². The van der Waals surface area contributed by atoms with Crippen LogP contribution in [0.15, 0.2) is 35.2 Å². The molecule has 0 bridgehead atoms. The predicted molar refractivity (Wildman–Crippen MR) is 92.6 cm³/mol. The van der Waals surface area contributed by atoms with E-state index in [0.29, 0.717) is 19.0 Å². The summed E-state index contributed by atoms with van der Waals surface area (Å²) in [5, 5.41) is 3.31. The highest BCUT2D eigenvalue weighted by molar-refractivity contribution is 7.89. The van der Waals surface area contributed by atoms with Crippen LogP contribution in [0.1, 0.15) is 11.3 Å². The summed E-state index contributed by atoms with van der Waals surface area (Å²) in [6.45, 7) is 2.87. The molecule has 0 atom stereocenters. The van der Waals surface area contributed by atoms with Crippen LogP contribution in [-0.2, 0) is 21.3 Å². The van der Waals surface area contributed by atoms with Crippen molar-refractivity contribution in [3.8, 4) is 0 Å². The highest BCUT2D eigenvalue weighted by Gasteiger charge is 2.12. The number of sulfonamides is 1. The second-order valence-electron chi connectivity index (χ2n) is 5.05. The van der Waals surface area contributed by atoms with Crippen molar-refractivity contribution in [1.82, 2.24) is 14.7 Å². The average Bonchev–Trinajstić information content (AvgIpc) is 2.52. The van der Waals surface area contributed by atoms with E-state index < -0.39 is 10.0 Å². The van der Waals surface area contributed by atoms with Gasteiger partial charge >= 0.3 is 0 Å².